The summed E-state index contributed by atoms with van der Waals surface area (Å²) in [5.74, 6) is 5.54. The number of benzene rings is 2. The molecule has 0 fully saturated rings. The van der Waals surface area contributed by atoms with E-state index in [1.54, 1.807) is 62.7 Å². The number of hydrogen-bond acceptors (Lipinski definition) is 8. The van der Waals surface area contributed by atoms with Crippen LogP contribution in [0.3, 0.4) is 0 Å². The minimum Gasteiger partial charge on any atom is -0.443 e. The van der Waals surface area contributed by atoms with Gasteiger partial charge in [0.25, 0.3) is 5.91 Å². The number of carbonyl (C=O) groups excluding carboxylic acids is 3. The van der Waals surface area contributed by atoms with E-state index in [0.717, 1.165) is 33.5 Å². The lowest BCUT2D eigenvalue weighted by Gasteiger charge is -2.28. The number of amides is 4. The van der Waals surface area contributed by atoms with E-state index in [9.17, 15) is 27.6 Å². The van der Waals surface area contributed by atoms with Crippen LogP contribution in [0.4, 0.5) is 40.1 Å². The topological polar surface area (TPSA) is 136 Å². The highest BCUT2D eigenvalue weighted by atomic mass is 32.1. The van der Waals surface area contributed by atoms with Gasteiger partial charge in [0.15, 0.2) is 0 Å². The molecule has 4 aromatic rings. The van der Waals surface area contributed by atoms with E-state index >= 15 is 0 Å². The second-order valence-electron chi connectivity index (χ2n) is 11.7. The van der Waals surface area contributed by atoms with Crippen molar-refractivity contribution in [3.05, 3.63) is 88.7 Å². The van der Waals surface area contributed by atoms with E-state index in [0.29, 0.717) is 45.9 Å². The number of hydrogen-bond donors (Lipinski definition) is 3. The average molecular weight is 678 g/mol. The molecule has 0 radical (unpaired) electrons. The first-order valence-electron chi connectivity index (χ1n) is 14.5. The number of fused-ring (bicyclic) bond motifs is 1. The van der Waals surface area contributed by atoms with Crippen molar-refractivity contribution in [2.24, 2.45) is 7.05 Å². The molecule has 0 saturated heterocycles. The van der Waals surface area contributed by atoms with Crippen LogP contribution in [0.25, 0.3) is 11.4 Å². The van der Waals surface area contributed by atoms with Gasteiger partial charge in [-0.05, 0) is 69.3 Å². The molecule has 0 unspecified atom stereocenters. The summed E-state index contributed by atoms with van der Waals surface area (Å²) in [5.41, 5.74) is 7.66. The van der Waals surface area contributed by atoms with Crippen LogP contribution in [0.1, 0.15) is 53.5 Å². The lowest BCUT2D eigenvalue weighted by Crippen LogP contribution is -2.44. The van der Waals surface area contributed by atoms with Crippen molar-refractivity contribution >= 4 is 48.2 Å². The molecule has 2 aromatic carbocycles. The van der Waals surface area contributed by atoms with Crippen molar-refractivity contribution in [3.63, 3.8) is 0 Å². The molecule has 4 amide bonds. The Morgan fingerprint density at radius 2 is 1.79 bits per heavy atom. The fourth-order valence-corrected chi connectivity index (χ4v) is 5.06. The number of urea groups is 1. The van der Waals surface area contributed by atoms with Crippen LogP contribution in [0.5, 0.6) is 0 Å². The summed E-state index contributed by atoms with van der Waals surface area (Å²) in [5, 5.41) is 2.50. The van der Waals surface area contributed by atoms with Crippen molar-refractivity contribution in [2.75, 3.05) is 21.9 Å². The lowest BCUT2D eigenvalue weighted by molar-refractivity contribution is -0.137. The zero-order chi connectivity index (χ0) is 35.0. The van der Waals surface area contributed by atoms with Crippen molar-refractivity contribution in [1.29, 1.82) is 0 Å². The predicted molar refractivity (Wildman–Crippen MR) is 176 cm³/mol. The molecule has 0 aliphatic carbocycles. The Bertz CT molecular complexity index is 1980. The van der Waals surface area contributed by atoms with Crippen molar-refractivity contribution in [3.8, 4) is 23.2 Å². The number of aromatic nitrogens is 3. The second kappa shape index (κ2) is 13.0. The summed E-state index contributed by atoms with van der Waals surface area (Å²) in [6, 6.07) is 11.5. The highest BCUT2D eigenvalue weighted by Crippen LogP contribution is 2.32. The first-order chi connectivity index (χ1) is 22.5. The van der Waals surface area contributed by atoms with Gasteiger partial charge in [-0.15, -0.1) is 0 Å². The molecule has 248 valence electrons. The second-order valence-corrected chi connectivity index (χ2v) is 12.1. The number of halogens is 3. The van der Waals surface area contributed by atoms with Crippen LogP contribution < -0.4 is 15.4 Å². The van der Waals surface area contributed by atoms with Crippen molar-refractivity contribution < 1.29 is 32.3 Å². The number of thiol groups is 1. The number of anilines is 3. The molecule has 0 bridgehead atoms. The van der Waals surface area contributed by atoms with E-state index in [1.165, 1.54) is 6.20 Å². The minimum absolute atomic E-state index is 0.0109. The van der Waals surface area contributed by atoms with Gasteiger partial charge in [-0.3, -0.25) is 4.79 Å². The van der Waals surface area contributed by atoms with Gasteiger partial charge in [-0.2, -0.15) is 13.2 Å². The van der Waals surface area contributed by atoms with Gasteiger partial charge in [-0.1, -0.05) is 30.7 Å². The number of ether oxygens (including phenoxy) is 1. The van der Waals surface area contributed by atoms with Crippen LogP contribution in [-0.2, 0) is 24.4 Å². The maximum atomic E-state index is 13.3. The molecule has 1 aliphatic heterocycles. The summed E-state index contributed by atoms with van der Waals surface area (Å²) in [7, 11) is 1.78. The molecule has 0 saturated carbocycles. The molecule has 2 aromatic heterocycles. The highest BCUT2D eigenvalue weighted by molar-refractivity contribution is 7.82. The number of alkyl halides is 3. The Balaban J connectivity index is 1.38. The number of nitrogens with one attached hydrogen (secondary N) is 1. The zero-order valence-electron chi connectivity index (χ0n) is 26.2. The van der Waals surface area contributed by atoms with Crippen LogP contribution in [0.2, 0.25) is 0 Å². The van der Waals surface area contributed by atoms with E-state index < -0.39 is 35.4 Å². The van der Waals surface area contributed by atoms with Crippen molar-refractivity contribution in [1.82, 2.24) is 19.4 Å². The first kappa shape index (κ1) is 33.9. The van der Waals surface area contributed by atoms with Gasteiger partial charge >= 0.3 is 18.3 Å². The summed E-state index contributed by atoms with van der Waals surface area (Å²) >= 11 is 4.26. The number of nitrogen functional groups attached to an aromatic ring is 1. The van der Waals surface area contributed by atoms with Gasteiger partial charge in [0.05, 0.1) is 28.1 Å². The number of nitrogens with two attached hydrogens (primary N) is 1. The van der Waals surface area contributed by atoms with Crippen LogP contribution in [0, 0.1) is 11.8 Å². The molecule has 1 aliphatic rings. The molecule has 11 nitrogen and oxygen atoms in total. The predicted octanol–water partition coefficient (Wildman–Crippen LogP) is 6.30. The lowest BCUT2D eigenvalue weighted by atomic mass is 10.1. The minimum atomic E-state index is -4.50. The van der Waals surface area contributed by atoms with Gasteiger partial charge in [0.1, 0.15) is 11.3 Å². The molecule has 3 N–H and O–H groups in total. The number of imide groups is 1. The summed E-state index contributed by atoms with van der Waals surface area (Å²) in [4.78, 5) is 48.4. The third kappa shape index (κ3) is 7.39. The third-order valence-electron chi connectivity index (χ3n) is 7.16. The van der Waals surface area contributed by atoms with Gasteiger partial charge in [0, 0.05) is 43.2 Å². The van der Waals surface area contributed by atoms with Gasteiger partial charge in [-0.25, -0.2) is 28.8 Å². The van der Waals surface area contributed by atoms with E-state index in [1.807, 2.05) is 0 Å². The Kier molecular flexibility index (Phi) is 9.14. The Morgan fingerprint density at radius 3 is 2.46 bits per heavy atom. The summed E-state index contributed by atoms with van der Waals surface area (Å²) in [6.07, 6.45) is -3.36. The quantitative estimate of drug-likeness (QED) is 0.171. The maximum Gasteiger partial charge on any atom is 0.417 e. The van der Waals surface area contributed by atoms with E-state index in [-0.39, 0.29) is 18.2 Å². The molecule has 15 heteroatoms. The van der Waals surface area contributed by atoms with Crippen LogP contribution >= 0.6 is 12.8 Å². The van der Waals surface area contributed by atoms with Crippen LogP contribution in [-0.4, -0.2) is 49.6 Å². The largest absolute Gasteiger partial charge is 0.443 e. The fraction of sp³-hybridized carbons (Fsp3) is 0.242. The van der Waals surface area contributed by atoms with Gasteiger partial charge < -0.3 is 20.4 Å². The Labute approximate surface area is 279 Å². The number of nitrogens with zero attached hydrogens (tertiary/aromatic N) is 5. The smallest absolute Gasteiger partial charge is 0.417 e. The molecule has 0 atom stereocenters. The van der Waals surface area contributed by atoms with E-state index in [4.69, 9.17) is 10.5 Å². The highest BCUT2D eigenvalue weighted by Gasteiger charge is 2.35. The fourth-order valence-electron chi connectivity index (χ4n) is 4.89. The monoisotopic (exact) mass is 677 g/mol. The third-order valence-corrected chi connectivity index (χ3v) is 7.57. The molecule has 3 heterocycles. The van der Waals surface area contributed by atoms with Crippen LogP contribution in [0.15, 0.2) is 60.8 Å². The first-order valence-corrected chi connectivity index (χ1v) is 14.9. The summed E-state index contributed by atoms with van der Waals surface area (Å²) in [6.45, 7) is 5.32. The Hall–Kier alpha value is -5.49. The Morgan fingerprint density at radius 1 is 1.08 bits per heavy atom. The molecular formula is C33H30F3N7O4S. The SMILES string of the molecule is Cn1c(-c2nc(N)ncc2C#Cc2cccc(N(S)C(=O)Nc3ccc(C(F)(F)F)cc3)c2)cc2c1CCN(C(=O)OC(C)(C)C)C2=O. The molecule has 5 rings (SSSR count). The standard InChI is InChI=1S/C33H30F3N7O4S/c1-32(2,3)47-31(46)42-15-14-25-24(28(42)44)17-26(41(25)4)27-20(18-38-29(37)40-27)9-8-19-6-5-7-23(16-19)43(48)30(45)39-22-12-10-21(11-13-22)33(34,35)36/h5-7,10-13,16-18,48H,14-15H2,1-4H3,(H,39,45)(H2,37,38,40). The average Bonchev–Trinajstić information content (AvgIpc) is 3.36. The van der Waals surface area contributed by atoms with Gasteiger partial charge in [0.2, 0.25) is 5.95 Å². The normalized spacial score (nSPS) is 12.9. The molecular weight excluding hydrogens is 647 g/mol. The molecule has 48 heavy (non-hydrogen) atoms. The van der Waals surface area contributed by atoms with Crippen molar-refractivity contribution in [2.45, 2.75) is 39.0 Å². The summed E-state index contributed by atoms with van der Waals surface area (Å²) < 4.78 is 46.8. The van der Waals surface area contributed by atoms with E-state index in [2.05, 4.69) is 39.9 Å². The maximum absolute atomic E-state index is 13.3. The number of rotatable bonds is 3. The molecule has 0 spiro atoms. The zero-order valence-corrected chi connectivity index (χ0v) is 27.1. The number of carbonyl (C=O) groups is 3.